The second-order valence-electron chi connectivity index (χ2n) is 5.14. The number of carbonyl (C=O) groups excluding carboxylic acids is 2. The molecular formula is C15H20BrClN2O5S. The fourth-order valence-electron chi connectivity index (χ4n) is 1.88. The summed E-state index contributed by atoms with van der Waals surface area (Å²) in [6.45, 7) is 2.80. The number of sulfonamides is 1. The van der Waals surface area contributed by atoms with E-state index >= 15 is 0 Å². The van der Waals surface area contributed by atoms with E-state index in [9.17, 15) is 18.0 Å². The van der Waals surface area contributed by atoms with Crippen LogP contribution in [-0.2, 0) is 24.3 Å². The number of ether oxygens (including phenoxy) is 1. The molecule has 10 heteroatoms. The monoisotopic (exact) mass is 454 g/mol. The number of rotatable bonds is 9. The van der Waals surface area contributed by atoms with E-state index in [0.717, 1.165) is 12.8 Å². The van der Waals surface area contributed by atoms with E-state index in [-0.39, 0.29) is 16.0 Å². The van der Waals surface area contributed by atoms with Gasteiger partial charge in [-0.3, -0.25) is 9.59 Å². The van der Waals surface area contributed by atoms with Crippen molar-refractivity contribution in [1.29, 1.82) is 0 Å². The zero-order valence-electron chi connectivity index (χ0n) is 13.8. The topological polar surface area (TPSA) is 102 Å². The summed E-state index contributed by atoms with van der Waals surface area (Å²) in [5, 5.41) is 2.72. The first-order valence-electron chi connectivity index (χ1n) is 7.59. The van der Waals surface area contributed by atoms with Gasteiger partial charge < -0.3 is 10.1 Å². The van der Waals surface area contributed by atoms with Crippen LogP contribution in [-0.4, -0.2) is 39.5 Å². The number of amides is 1. The van der Waals surface area contributed by atoms with E-state index < -0.39 is 35.1 Å². The van der Waals surface area contributed by atoms with E-state index in [1.54, 1.807) is 0 Å². The van der Waals surface area contributed by atoms with E-state index in [1.807, 2.05) is 13.8 Å². The fraction of sp³-hybridized carbons (Fsp3) is 0.467. The molecule has 7 nitrogen and oxygen atoms in total. The van der Waals surface area contributed by atoms with Crippen molar-refractivity contribution < 1.29 is 22.7 Å². The molecule has 0 bridgehead atoms. The van der Waals surface area contributed by atoms with Crippen molar-refractivity contribution in [2.24, 2.45) is 0 Å². The molecule has 0 spiro atoms. The number of benzene rings is 1. The summed E-state index contributed by atoms with van der Waals surface area (Å²) in [5.41, 5.74) is 0. The van der Waals surface area contributed by atoms with Crippen LogP contribution in [0.4, 0.5) is 0 Å². The maximum atomic E-state index is 12.1. The Morgan fingerprint density at radius 3 is 2.48 bits per heavy atom. The molecule has 1 aromatic carbocycles. The minimum absolute atomic E-state index is 0.0137. The normalized spacial score (nSPS) is 11.4. The van der Waals surface area contributed by atoms with Gasteiger partial charge in [-0.05, 0) is 31.0 Å². The zero-order valence-corrected chi connectivity index (χ0v) is 17.0. The van der Waals surface area contributed by atoms with Crippen molar-refractivity contribution >= 4 is 49.4 Å². The Morgan fingerprint density at radius 1 is 1.28 bits per heavy atom. The molecule has 0 aliphatic heterocycles. The second-order valence-corrected chi connectivity index (χ2v) is 8.20. The molecule has 0 atom stereocenters. The summed E-state index contributed by atoms with van der Waals surface area (Å²) < 4.78 is 31.7. The van der Waals surface area contributed by atoms with Gasteiger partial charge in [-0.15, -0.1) is 0 Å². The summed E-state index contributed by atoms with van der Waals surface area (Å²) in [6.07, 6.45) is 1.54. The van der Waals surface area contributed by atoms with Crippen LogP contribution in [0.1, 0.15) is 26.7 Å². The Bertz CT molecular complexity index is 723. The predicted octanol–water partition coefficient (Wildman–Crippen LogP) is 2.23. The lowest BCUT2D eigenvalue weighted by molar-refractivity contribution is -0.147. The van der Waals surface area contributed by atoms with E-state index in [0.29, 0.717) is 4.47 Å². The molecule has 1 rings (SSSR count). The number of hydrogen-bond acceptors (Lipinski definition) is 5. The van der Waals surface area contributed by atoms with Crippen LogP contribution >= 0.6 is 27.5 Å². The van der Waals surface area contributed by atoms with Gasteiger partial charge in [-0.1, -0.05) is 41.4 Å². The average Bonchev–Trinajstić information content (AvgIpc) is 2.55. The van der Waals surface area contributed by atoms with Gasteiger partial charge in [-0.25, -0.2) is 8.42 Å². The third kappa shape index (κ3) is 7.31. The Morgan fingerprint density at radius 2 is 1.92 bits per heavy atom. The molecule has 0 saturated heterocycles. The first kappa shape index (κ1) is 21.9. The molecule has 0 aromatic heterocycles. The summed E-state index contributed by atoms with van der Waals surface area (Å²) in [7, 11) is -3.97. The quantitative estimate of drug-likeness (QED) is 0.556. The summed E-state index contributed by atoms with van der Waals surface area (Å²) in [6, 6.07) is 4.27. The molecule has 0 unspecified atom stereocenters. The standard InChI is InChI=1S/C15H20BrClN2O5S/c1-3-11(4-2)19-14(20)9-24-15(21)8-18-25(22,23)13-6-5-10(16)7-12(13)17/h5-7,11,18H,3-4,8-9H2,1-2H3,(H,19,20). The van der Waals surface area contributed by atoms with Crippen LogP contribution in [0.2, 0.25) is 5.02 Å². The first-order valence-corrected chi connectivity index (χ1v) is 10.2. The molecule has 1 amide bonds. The highest BCUT2D eigenvalue weighted by Crippen LogP contribution is 2.24. The number of hydrogen-bond donors (Lipinski definition) is 2. The van der Waals surface area contributed by atoms with Gasteiger partial charge in [0.05, 0.1) is 5.02 Å². The van der Waals surface area contributed by atoms with Crippen molar-refractivity contribution in [2.45, 2.75) is 37.6 Å². The summed E-state index contributed by atoms with van der Waals surface area (Å²) in [4.78, 5) is 23.1. The van der Waals surface area contributed by atoms with Gasteiger partial charge in [0.15, 0.2) is 6.61 Å². The Balaban J connectivity index is 2.51. The SMILES string of the molecule is CCC(CC)NC(=O)COC(=O)CNS(=O)(=O)c1ccc(Br)cc1Cl. The lowest BCUT2D eigenvalue weighted by Crippen LogP contribution is -2.38. The molecule has 0 aliphatic rings. The van der Waals surface area contributed by atoms with Crippen LogP contribution in [0.15, 0.2) is 27.6 Å². The molecule has 25 heavy (non-hydrogen) atoms. The van der Waals surface area contributed by atoms with Gasteiger partial charge >= 0.3 is 5.97 Å². The highest BCUT2D eigenvalue weighted by Gasteiger charge is 2.20. The van der Waals surface area contributed by atoms with Gasteiger partial charge in [0.2, 0.25) is 10.0 Å². The number of carbonyl (C=O) groups is 2. The highest BCUT2D eigenvalue weighted by atomic mass is 79.9. The largest absolute Gasteiger partial charge is 0.455 e. The predicted molar refractivity (Wildman–Crippen MR) is 97.8 cm³/mol. The summed E-state index contributed by atoms with van der Waals surface area (Å²) >= 11 is 9.06. The van der Waals surface area contributed by atoms with Crippen LogP contribution < -0.4 is 10.0 Å². The van der Waals surface area contributed by atoms with Crippen LogP contribution in [0.3, 0.4) is 0 Å². The molecule has 0 heterocycles. The smallest absolute Gasteiger partial charge is 0.321 e. The lowest BCUT2D eigenvalue weighted by Gasteiger charge is -2.14. The Hall–Kier alpha value is -1.16. The van der Waals surface area contributed by atoms with Crippen molar-refractivity contribution in [1.82, 2.24) is 10.0 Å². The number of halogens is 2. The summed E-state index contributed by atoms with van der Waals surface area (Å²) in [5.74, 6) is -1.29. The van der Waals surface area contributed by atoms with E-state index in [2.05, 4.69) is 26.0 Å². The Kier molecular flexibility index (Phi) is 8.84. The maximum Gasteiger partial charge on any atom is 0.321 e. The molecule has 1 aromatic rings. The lowest BCUT2D eigenvalue weighted by atomic mass is 10.2. The van der Waals surface area contributed by atoms with Crippen molar-refractivity contribution in [3.05, 3.63) is 27.7 Å². The second kappa shape index (κ2) is 10.1. The zero-order chi connectivity index (χ0) is 19.0. The molecule has 2 N–H and O–H groups in total. The Labute approximate surface area is 160 Å². The van der Waals surface area contributed by atoms with Crippen LogP contribution in [0.25, 0.3) is 0 Å². The van der Waals surface area contributed by atoms with Gasteiger partial charge in [-0.2, -0.15) is 4.72 Å². The van der Waals surface area contributed by atoms with Gasteiger partial charge in [0.1, 0.15) is 11.4 Å². The molecule has 0 radical (unpaired) electrons. The molecule has 0 fully saturated rings. The van der Waals surface area contributed by atoms with E-state index in [4.69, 9.17) is 16.3 Å². The van der Waals surface area contributed by atoms with Gasteiger partial charge in [0.25, 0.3) is 5.91 Å². The minimum Gasteiger partial charge on any atom is -0.455 e. The molecule has 0 aliphatic carbocycles. The third-order valence-electron chi connectivity index (χ3n) is 3.30. The fourth-order valence-corrected chi connectivity index (χ4v) is 3.89. The van der Waals surface area contributed by atoms with Crippen LogP contribution in [0, 0.1) is 0 Å². The van der Waals surface area contributed by atoms with Gasteiger partial charge in [0, 0.05) is 10.5 Å². The van der Waals surface area contributed by atoms with E-state index in [1.165, 1.54) is 18.2 Å². The number of esters is 1. The average molecular weight is 456 g/mol. The number of nitrogens with one attached hydrogen (secondary N) is 2. The minimum atomic E-state index is -3.97. The molecular weight excluding hydrogens is 436 g/mol. The van der Waals surface area contributed by atoms with Crippen molar-refractivity contribution in [2.75, 3.05) is 13.2 Å². The maximum absolute atomic E-state index is 12.1. The molecule has 140 valence electrons. The highest BCUT2D eigenvalue weighted by molar-refractivity contribution is 9.10. The van der Waals surface area contributed by atoms with Crippen molar-refractivity contribution in [3.8, 4) is 0 Å². The van der Waals surface area contributed by atoms with Crippen LogP contribution in [0.5, 0.6) is 0 Å². The molecule has 0 saturated carbocycles. The van der Waals surface area contributed by atoms with Crippen molar-refractivity contribution in [3.63, 3.8) is 0 Å². The first-order chi connectivity index (χ1) is 11.7. The third-order valence-corrected chi connectivity index (χ3v) is 5.68.